The fraction of sp³-hybridized carbons (Fsp3) is 0.600. The van der Waals surface area contributed by atoms with Gasteiger partial charge in [0.25, 0.3) is 5.91 Å². The lowest BCUT2D eigenvalue weighted by atomic mass is 9.58. The Hall–Kier alpha value is -1.62. The minimum absolute atomic E-state index is 0.00160. The maximum absolute atomic E-state index is 12.2. The lowest BCUT2D eigenvalue weighted by Gasteiger charge is -2.55. The molecular weight excluding hydrogens is 256 g/mol. The normalized spacial score (nSPS) is 23.9. The van der Waals surface area contributed by atoms with Crippen LogP contribution in [0.2, 0.25) is 0 Å². The summed E-state index contributed by atoms with van der Waals surface area (Å²) in [4.78, 5) is 16.0. The molecule has 20 heavy (non-hydrogen) atoms. The van der Waals surface area contributed by atoms with E-state index in [0.29, 0.717) is 5.56 Å². The van der Waals surface area contributed by atoms with Crippen LogP contribution in [0.3, 0.4) is 0 Å². The molecule has 0 saturated heterocycles. The van der Waals surface area contributed by atoms with Gasteiger partial charge in [-0.05, 0) is 25.3 Å². The molecule has 5 nitrogen and oxygen atoms in total. The van der Waals surface area contributed by atoms with Crippen molar-refractivity contribution >= 4 is 5.91 Å². The van der Waals surface area contributed by atoms with Crippen molar-refractivity contribution in [2.75, 3.05) is 7.11 Å². The van der Waals surface area contributed by atoms with Crippen molar-refractivity contribution in [3.8, 4) is 5.75 Å². The zero-order valence-electron chi connectivity index (χ0n) is 12.2. The van der Waals surface area contributed by atoms with Crippen LogP contribution in [0.15, 0.2) is 18.5 Å². The van der Waals surface area contributed by atoms with Crippen LogP contribution in [0.5, 0.6) is 5.75 Å². The summed E-state index contributed by atoms with van der Waals surface area (Å²) in [5, 5.41) is 12.4. The molecule has 1 aliphatic carbocycles. The Bertz CT molecular complexity index is 486. The summed E-state index contributed by atoms with van der Waals surface area (Å²) in [5.74, 6) is -0.197. The first-order valence-corrected chi connectivity index (χ1v) is 7.05. The summed E-state index contributed by atoms with van der Waals surface area (Å²) in [5.41, 5.74) is 0.390. The molecule has 2 unspecified atom stereocenters. The van der Waals surface area contributed by atoms with Gasteiger partial charge in [-0.3, -0.25) is 9.78 Å². The number of nitrogens with one attached hydrogen (secondary N) is 1. The number of aromatic hydroxyl groups is 1. The monoisotopic (exact) mass is 278 g/mol. The van der Waals surface area contributed by atoms with Crippen molar-refractivity contribution in [1.82, 2.24) is 10.3 Å². The number of methoxy groups -OCH3 is 1. The Kier molecular flexibility index (Phi) is 4.28. The lowest BCUT2D eigenvalue weighted by molar-refractivity contribution is -0.120. The van der Waals surface area contributed by atoms with Crippen molar-refractivity contribution in [2.45, 2.75) is 45.3 Å². The predicted molar refractivity (Wildman–Crippen MR) is 75.6 cm³/mol. The number of amides is 1. The summed E-state index contributed by atoms with van der Waals surface area (Å²) in [7, 11) is 1.72. The highest BCUT2D eigenvalue weighted by Gasteiger charge is 2.53. The molecule has 0 bridgehead atoms. The molecule has 0 aliphatic heterocycles. The van der Waals surface area contributed by atoms with Crippen LogP contribution in [0.25, 0.3) is 0 Å². The number of pyridine rings is 1. The maximum Gasteiger partial charge on any atom is 0.253 e. The second-order valence-electron chi connectivity index (χ2n) is 5.36. The minimum Gasteiger partial charge on any atom is -0.506 e. The fourth-order valence-corrected chi connectivity index (χ4v) is 3.27. The molecule has 1 aromatic rings. The van der Waals surface area contributed by atoms with Gasteiger partial charge in [0.2, 0.25) is 0 Å². The third-order valence-corrected chi connectivity index (χ3v) is 4.68. The van der Waals surface area contributed by atoms with E-state index in [0.717, 1.165) is 19.3 Å². The number of carbonyl (C=O) groups is 1. The summed E-state index contributed by atoms with van der Waals surface area (Å²) < 4.78 is 5.52. The molecule has 1 saturated carbocycles. The highest BCUT2D eigenvalue weighted by atomic mass is 16.5. The number of carbonyl (C=O) groups excluding carboxylic acids is 1. The van der Waals surface area contributed by atoms with Gasteiger partial charge in [0.15, 0.2) is 0 Å². The molecule has 2 N–H and O–H groups in total. The van der Waals surface area contributed by atoms with E-state index >= 15 is 0 Å². The van der Waals surface area contributed by atoms with Gasteiger partial charge < -0.3 is 15.2 Å². The third-order valence-electron chi connectivity index (χ3n) is 4.68. The number of hydrogen-bond acceptors (Lipinski definition) is 4. The molecule has 2 atom stereocenters. The van der Waals surface area contributed by atoms with Gasteiger partial charge in [-0.2, -0.15) is 0 Å². The number of ether oxygens (including phenoxy) is 1. The van der Waals surface area contributed by atoms with Gasteiger partial charge in [0, 0.05) is 24.8 Å². The summed E-state index contributed by atoms with van der Waals surface area (Å²) in [6, 6.07) is 1.53. The van der Waals surface area contributed by atoms with Crippen molar-refractivity contribution in [2.24, 2.45) is 5.41 Å². The Balaban J connectivity index is 2.09. The summed E-state index contributed by atoms with van der Waals surface area (Å²) in [6.45, 7) is 4.26. The van der Waals surface area contributed by atoms with E-state index in [1.807, 2.05) is 0 Å². The van der Waals surface area contributed by atoms with Crippen LogP contribution in [-0.4, -0.2) is 35.3 Å². The van der Waals surface area contributed by atoms with Gasteiger partial charge >= 0.3 is 0 Å². The van der Waals surface area contributed by atoms with Gasteiger partial charge in [-0.1, -0.05) is 13.8 Å². The summed E-state index contributed by atoms with van der Waals surface area (Å²) >= 11 is 0. The molecule has 5 heteroatoms. The topological polar surface area (TPSA) is 71.5 Å². The van der Waals surface area contributed by atoms with Gasteiger partial charge in [0.1, 0.15) is 5.75 Å². The average Bonchev–Trinajstić information content (AvgIpc) is 2.44. The molecule has 1 heterocycles. The van der Waals surface area contributed by atoms with E-state index in [9.17, 15) is 9.90 Å². The first-order chi connectivity index (χ1) is 9.57. The van der Waals surface area contributed by atoms with Crippen LogP contribution in [0, 0.1) is 5.41 Å². The zero-order chi connectivity index (χ0) is 14.8. The third kappa shape index (κ3) is 2.38. The highest BCUT2D eigenvalue weighted by Crippen LogP contribution is 2.48. The first-order valence-electron chi connectivity index (χ1n) is 7.05. The number of nitrogens with zero attached hydrogens (tertiary/aromatic N) is 1. The van der Waals surface area contributed by atoms with E-state index in [1.54, 1.807) is 7.11 Å². The molecule has 2 rings (SSSR count). The minimum atomic E-state index is -0.195. The van der Waals surface area contributed by atoms with Crippen LogP contribution < -0.4 is 5.32 Å². The van der Waals surface area contributed by atoms with E-state index in [2.05, 4.69) is 24.1 Å². The van der Waals surface area contributed by atoms with E-state index in [4.69, 9.17) is 4.74 Å². The van der Waals surface area contributed by atoms with Crippen molar-refractivity contribution < 1.29 is 14.6 Å². The van der Waals surface area contributed by atoms with Crippen molar-refractivity contribution in [1.29, 1.82) is 0 Å². The second kappa shape index (κ2) is 5.79. The van der Waals surface area contributed by atoms with Gasteiger partial charge in [0.05, 0.1) is 17.9 Å². The number of aromatic nitrogens is 1. The van der Waals surface area contributed by atoms with Crippen LogP contribution in [-0.2, 0) is 4.74 Å². The SMILES string of the molecule is CCC1(CC)C(NC(=O)c2cncc(O)c2)CC1OC. The Morgan fingerprint density at radius 1 is 1.50 bits per heavy atom. The quantitative estimate of drug-likeness (QED) is 0.865. The Labute approximate surface area is 119 Å². The van der Waals surface area contributed by atoms with Crippen molar-refractivity contribution in [3.63, 3.8) is 0 Å². The maximum atomic E-state index is 12.2. The van der Waals surface area contributed by atoms with Crippen LogP contribution in [0.1, 0.15) is 43.5 Å². The smallest absolute Gasteiger partial charge is 0.253 e. The standard InChI is InChI=1S/C15H22N2O3/c1-4-15(5-2)12(7-13(15)20-3)17-14(19)10-6-11(18)9-16-8-10/h6,8-9,12-13,18H,4-5,7H2,1-3H3,(H,17,19). The Morgan fingerprint density at radius 3 is 2.75 bits per heavy atom. The van der Waals surface area contributed by atoms with E-state index in [1.165, 1.54) is 18.5 Å². The fourth-order valence-electron chi connectivity index (χ4n) is 3.27. The molecular formula is C15H22N2O3. The molecule has 1 aromatic heterocycles. The largest absolute Gasteiger partial charge is 0.506 e. The molecule has 0 aromatic carbocycles. The predicted octanol–water partition coefficient (Wildman–Crippen LogP) is 2.11. The number of hydrogen-bond donors (Lipinski definition) is 2. The van der Waals surface area contributed by atoms with Crippen LogP contribution in [0.4, 0.5) is 0 Å². The van der Waals surface area contributed by atoms with E-state index in [-0.39, 0.29) is 29.2 Å². The molecule has 0 radical (unpaired) electrons. The second-order valence-corrected chi connectivity index (χ2v) is 5.36. The molecule has 1 fully saturated rings. The van der Waals surface area contributed by atoms with Gasteiger partial charge in [-0.25, -0.2) is 0 Å². The average molecular weight is 278 g/mol. The first kappa shape index (κ1) is 14.8. The molecule has 110 valence electrons. The molecule has 1 amide bonds. The number of rotatable bonds is 5. The Morgan fingerprint density at radius 2 is 2.20 bits per heavy atom. The lowest BCUT2D eigenvalue weighted by Crippen LogP contribution is -2.64. The molecule has 1 aliphatic rings. The van der Waals surface area contributed by atoms with Crippen molar-refractivity contribution in [3.05, 3.63) is 24.0 Å². The van der Waals surface area contributed by atoms with E-state index < -0.39 is 0 Å². The molecule has 0 spiro atoms. The highest BCUT2D eigenvalue weighted by molar-refractivity contribution is 5.94. The summed E-state index contributed by atoms with van der Waals surface area (Å²) in [6.07, 6.45) is 5.72. The van der Waals surface area contributed by atoms with Crippen LogP contribution >= 0.6 is 0 Å². The zero-order valence-corrected chi connectivity index (χ0v) is 12.2. The van der Waals surface area contributed by atoms with Gasteiger partial charge in [-0.15, -0.1) is 0 Å².